The third-order valence-corrected chi connectivity index (χ3v) is 2.16. The van der Waals surface area contributed by atoms with Crippen molar-refractivity contribution < 1.29 is 9.53 Å². The van der Waals surface area contributed by atoms with Crippen LogP contribution in [0.25, 0.3) is 0 Å². The first-order valence-electron chi connectivity index (χ1n) is 4.11. The Morgan fingerprint density at radius 2 is 2.21 bits per heavy atom. The van der Waals surface area contributed by atoms with Crippen LogP contribution >= 0.6 is 11.6 Å². The lowest BCUT2D eigenvalue weighted by Crippen LogP contribution is -2.21. The van der Waals surface area contributed by atoms with E-state index in [0.29, 0.717) is 24.5 Å². The van der Waals surface area contributed by atoms with Crippen LogP contribution in [0.4, 0.5) is 5.82 Å². The van der Waals surface area contributed by atoms with Crippen molar-refractivity contribution in [3.05, 3.63) is 10.8 Å². The number of hydrogen-bond acceptors (Lipinski definition) is 4. The van der Waals surface area contributed by atoms with E-state index in [1.807, 2.05) is 0 Å². The second kappa shape index (κ2) is 3.42. The van der Waals surface area contributed by atoms with Crippen LogP contribution in [0, 0.1) is 0 Å². The molecule has 1 aromatic rings. The van der Waals surface area contributed by atoms with E-state index in [0.717, 1.165) is 5.56 Å². The second-order valence-corrected chi connectivity index (χ2v) is 3.22. The molecule has 1 amide bonds. The number of carbonyl (C=O) groups is 1. The van der Waals surface area contributed by atoms with Gasteiger partial charge in [-0.3, -0.25) is 4.79 Å². The molecule has 0 unspecified atom stereocenters. The number of halogens is 1. The number of fused-ring (bicyclic) bond motifs is 1. The fourth-order valence-electron chi connectivity index (χ4n) is 1.37. The third kappa shape index (κ3) is 1.50. The first-order chi connectivity index (χ1) is 6.70. The molecule has 0 saturated heterocycles. The quantitative estimate of drug-likeness (QED) is 0.708. The Morgan fingerprint density at radius 3 is 2.93 bits per heavy atom. The topological polar surface area (TPSA) is 64.1 Å². The van der Waals surface area contributed by atoms with Crippen molar-refractivity contribution >= 4 is 23.3 Å². The number of hydrogen-bond donors (Lipinski definition) is 1. The van der Waals surface area contributed by atoms with Gasteiger partial charge < -0.3 is 10.1 Å². The predicted octanol–water partition coefficient (Wildman–Crippen LogP) is 1.02. The summed E-state index contributed by atoms with van der Waals surface area (Å²) in [4.78, 5) is 18.9. The van der Waals surface area contributed by atoms with Crippen molar-refractivity contribution in [2.45, 2.75) is 12.8 Å². The lowest BCUT2D eigenvalue weighted by molar-refractivity contribution is -0.116. The molecule has 0 spiro atoms. The highest BCUT2D eigenvalue weighted by Gasteiger charge is 2.21. The zero-order valence-corrected chi connectivity index (χ0v) is 8.26. The molecule has 0 aromatic carbocycles. The Morgan fingerprint density at radius 1 is 1.43 bits per heavy atom. The molecule has 2 heterocycles. The van der Waals surface area contributed by atoms with Crippen LogP contribution in [0.5, 0.6) is 5.88 Å². The Hall–Kier alpha value is -1.36. The molecule has 0 bridgehead atoms. The highest BCUT2D eigenvalue weighted by molar-refractivity contribution is 6.28. The van der Waals surface area contributed by atoms with Gasteiger partial charge in [0.25, 0.3) is 0 Å². The summed E-state index contributed by atoms with van der Waals surface area (Å²) >= 11 is 5.65. The molecule has 6 heteroatoms. The lowest BCUT2D eigenvalue weighted by Gasteiger charge is -2.17. The maximum Gasteiger partial charge on any atom is 0.227 e. The number of amides is 1. The van der Waals surface area contributed by atoms with E-state index < -0.39 is 0 Å². The normalized spacial score (nSPS) is 14.6. The molecule has 1 aliphatic rings. The maximum atomic E-state index is 11.1. The summed E-state index contributed by atoms with van der Waals surface area (Å²) in [7, 11) is 1.51. The van der Waals surface area contributed by atoms with Crippen LogP contribution in [0.3, 0.4) is 0 Å². The number of rotatable bonds is 1. The van der Waals surface area contributed by atoms with Gasteiger partial charge in [0.2, 0.25) is 17.1 Å². The van der Waals surface area contributed by atoms with Gasteiger partial charge in [-0.2, -0.15) is 9.97 Å². The first-order valence-corrected chi connectivity index (χ1v) is 4.48. The van der Waals surface area contributed by atoms with Crippen LogP contribution in [-0.4, -0.2) is 23.0 Å². The minimum Gasteiger partial charge on any atom is -0.481 e. The predicted molar refractivity (Wildman–Crippen MR) is 50.5 cm³/mol. The van der Waals surface area contributed by atoms with E-state index >= 15 is 0 Å². The van der Waals surface area contributed by atoms with Crippen molar-refractivity contribution in [3.8, 4) is 5.88 Å². The van der Waals surface area contributed by atoms with Crippen molar-refractivity contribution in [1.29, 1.82) is 0 Å². The molecule has 1 aliphatic heterocycles. The van der Waals surface area contributed by atoms with Crippen molar-refractivity contribution in [1.82, 2.24) is 9.97 Å². The van der Waals surface area contributed by atoms with Gasteiger partial charge in [-0.15, -0.1) is 0 Å². The molecule has 0 radical (unpaired) electrons. The standard InChI is InChI=1S/C8H8ClN3O2/c1-14-7-4-2-3-5(13)10-6(4)11-8(9)12-7/h2-3H2,1H3,(H,10,11,12,13). The molecule has 0 saturated carbocycles. The number of methoxy groups -OCH3 is 1. The number of carbonyl (C=O) groups excluding carboxylic acids is 1. The van der Waals surface area contributed by atoms with Gasteiger partial charge in [-0.25, -0.2) is 0 Å². The molecule has 2 rings (SSSR count). The van der Waals surface area contributed by atoms with Crippen LogP contribution in [0.15, 0.2) is 0 Å². The smallest absolute Gasteiger partial charge is 0.227 e. The van der Waals surface area contributed by atoms with Gasteiger partial charge in [0.05, 0.1) is 12.7 Å². The maximum absolute atomic E-state index is 11.1. The molecule has 1 N–H and O–H groups in total. The third-order valence-electron chi connectivity index (χ3n) is 2.00. The molecule has 14 heavy (non-hydrogen) atoms. The van der Waals surface area contributed by atoms with Gasteiger partial charge in [0, 0.05) is 6.42 Å². The SMILES string of the molecule is COc1nc(Cl)nc2c1CCC(=O)N2. The summed E-state index contributed by atoms with van der Waals surface area (Å²) in [6.07, 6.45) is 1.01. The van der Waals surface area contributed by atoms with Gasteiger partial charge >= 0.3 is 0 Å². The Bertz CT molecular complexity index is 394. The second-order valence-electron chi connectivity index (χ2n) is 2.88. The highest BCUT2D eigenvalue weighted by atomic mass is 35.5. The van der Waals surface area contributed by atoms with E-state index in [4.69, 9.17) is 16.3 Å². The molecular formula is C8H8ClN3O2. The molecule has 1 aromatic heterocycles. The van der Waals surface area contributed by atoms with Crippen molar-refractivity contribution in [2.24, 2.45) is 0 Å². The summed E-state index contributed by atoms with van der Waals surface area (Å²) in [5, 5.41) is 2.69. The average Bonchev–Trinajstić information content (AvgIpc) is 2.15. The Balaban J connectivity index is 2.51. The first kappa shape index (κ1) is 9.21. The van der Waals surface area contributed by atoms with E-state index in [-0.39, 0.29) is 11.2 Å². The van der Waals surface area contributed by atoms with Crippen LogP contribution in [0.2, 0.25) is 5.28 Å². The van der Waals surface area contributed by atoms with Crippen LogP contribution in [0.1, 0.15) is 12.0 Å². The lowest BCUT2D eigenvalue weighted by atomic mass is 10.1. The molecule has 5 nitrogen and oxygen atoms in total. The fourth-order valence-corrected chi connectivity index (χ4v) is 1.53. The number of anilines is 1. The fraction of sp³-hybridized carbons (Fsp3) is 0.375. The summed E-state index contributed by atoms with van der Waals surface area (Å²) in [6.45, 7) is 0. The minimum atomic E-state index is -0.0608. The summed E-state index contributed by atoms with van der Waals surface area (Å²) in [5.41, 5.74) is 0.802. The molecule has 0 aliphatic carbocycles. The van der Waals surface area contributed by atoms with E-state index in [1.165, 1.54) is 7.11 Å². The molecule has 0 fully saturated rings. The van der Waals surface area contributed by atoms with Gasteiger partial charge in [-0.05, 0) is 18.0 Å². The zero-order chi connectivity index (χ0) is 10.1. The summed E-state index contributed by atoms with van der Waals surface area (Å²) in [6, 6.07) is 0. The average molecular weight is 214 g/mol. The number of aromatic nitrogens is 2. The van der Waals surface area contributed by atoms with Crippen molar-refractivity contribution in [3.63, 3.8) is 0 Å². The Kier molecular flexibility index (Phi) is 2.25. The van der Waals surface area contributed by atoms with Crippen LogP contribution < -0.4 is 10.1 Å². The minimum absolute atomic E-state index is 0.0608. The van der Waals surface area contributed by atoms with Crippen LogP contribution in [-0.2, 0) is 11.2 Å². The number of ether oxygens (including phenoxy) is 1. The van der Waals surface area contributed by atoms with Gasteiger partial charge in [0.15, 0.2) is 0 Å². The van der Waals surface area contributed by atoms with E-state index in [1.54, 1.807) is 0 Å². The van der Waals surface area contributed by atoms with E-state index in [2.05, 4.69) is 15.3 Å². The monoisotopic (exact) mass is 213 g/mol. The van der Waals surface area contributed by atoms with Gasteiger partial charge in [-0.1, -0.05) is 0 Å². The van der Waals surface area contributed by atoms with Crippen molar-refractivity contribution in [2.75, 3.05) is 12.4 Å². The largest absolute Gasteiger partial charge is 0.481 e. The highest BCUT2D eigenvalue weighted by Crippen LogP contribution is 2.28. The molecular weight excluding hydrogens is 206 g/mol. The zero-order valence-electron chi connectivity index (χ0n) is 7.50. The Labute approximate surface area is 85.5 Å². The summed E-state index contributed by atoms with van der Waals surface area (Å²) < 4.78 is 5.04. The van der Waals surface area contributed by atoms with E-state index in [9.17, 15) is 4.79 Å². The summed E-state index contributed by atoms with van der Waals surface area (Å²) in [5.74, 6) is 0.826. The number of nitrogens with one attached hydrogen (secondary N) is 1. The molecule has 74 valence electrons. The molecule has 0 atom stereocenters. The van der Waals surface area contributed by atoms with Gasteiger partial charge in [0.1, 0.15) is 5.82 Å². The number of nitrogens with zero attached hydrogens (tertiary/aromatic N) is 2.